The van der Waals surface area contributed by atoms with E-state index in [0.717, 1.165) is 0 Å². The lowest BCUT2D eigenvalue weighted by Gasteiger charge is -1.92. The Hall–Kier alpha value is -0.270. The van der Waals surface area contributed by atoms with Gasteiger partial charge in [0.1, 0.15) is 0 Å². The minimum atomic E-state index is -4.97. The van der Waals surface area contributed by atoms with Crippen molar-refractivity contribution in [1.29, 1.82) is 0 Å². The van der Waals surface area contributed by atoms with Crippen molar-refractivity contribution in [2.75, 3.05) is 0 Å². The van der Waals surface area contributed by atoms with E-state index in [4.69, 9.17) is 4.55 Å². The summed E-state index contributed by atoms with van der Waals surface area (Å²) in [6.07, 6.45) is 0. The summed E-state index contributed by atoms with van der Waals surface area (Å²) in [6.45, 7) is -3.50. The first-order valence-electron chi connectivity index (χ1n) is 1.35. The molecule has 0 heterocycles. The predicted molar refractivity (Wildman–Crippen MR) is 18.6 cm³/mol. The summed E-state index contributed by atoms with van der Waals surface area (Å²) in [7, 11) is -4.97. The molecule has 1 N–H and O–H groups in total. The van der Waals surface area contributed by atoms with Gasteiger partial charge in [-0.2, -0.15) is 21.4 Å². The van der Waals surface area contributed by atoms with Gasteiger partial charge in [-0.3, -0.25) is 4.55 Å². The Morgan fingerprint density at radius 3 is 1.88 bits per heavy atom. The van der Waals surface area contributed by atoms with Crippen LogP contribution in [0.4, 0.5) is 8.78 Å². The molecule has 4 nitrogen and oxygen atoms in total. The van der Waals surface area contributed by atoms with Crippen molar-refractivity contribution in [2.45, 2.75) is 6.61 Å². The molecule has 0 atom stereocenters. The van der Waals surface area contributed by atoms with E-state index >= 15 is 0 Å². The normalized spacial score (nSPS) is 12.5. The quantitative estimate of drug-likeness (QED) is 0.561. The zero-order chi connectivity index (χ0) is 6.78. The lowest BCUT2D eigenvalue weighted by molar-refractivity contribution is -0.0515. The highest BCUT2D eigenvalue weighted by Gasteiger charge is 2.12. The van der Waals surface area contributed by atoms with Crippen LogP contribution in [0.15, 0.2) is 0 Å². The van der Waals surface area contributed by atoms with Crippen molar-refractivity contribution < 1.29 is 25.9 Å². The fourth-order valence-corrected chi connectivity index (χ4v) is 0.276. The largest absolute Gasteiger partial charge is 0.402 e. The summed E-state index contributed by atoms with van der Waals surface area (Å²) < 4.78 is 50.2. The van der Waals surface area contributed by atoms with E-state index < -0.39 is 17.0 Å². The molecular weight excluding hydrogens is 146 g/mol. The molecule has 0 aliphatic rings. The van der Waals surface area contributed by atoms with Gasteiger partial charge in [0.05, 0.1) is 0 Å². The van der Waals surface area contributed by atoms with Crippen LogP contribution >= 0.6 is 0 Å². The fourth-order valence-electron chi connectivity index (χ4n) is 0.0919. The third kappa shape index (κ3) is 5.73. The monoisotopic (exact) mass is 148 g/mol. The lowest BCUT2D eigenvalue weighted by Crippen LogP contribution is -2.07. The minimum Gasteiger partial charge on any atom is -0.263 e. The molecule has 0 saturated heterocycles. The predicted octanol–water partition coefficient (Wildman–Crippen LogP) is 0.0284. The highest BCUT2D eigenvalue weighted by atomic mass is 32.3. The molecule has 8 heavy (non-hydrogen) atoms. The van der Waals surface area contributed by atoms with Crippen LogP contribution in [0.25, 0.3) is 0 Å². The third-order valence-electron chi connectivity index (χ3n) is 0.194. The van der Waals surface area contributed by atoms with Crippen molar-refractivity contribution in [3.8, 4) is 0 Å². The molecule has 0 aliphatic carbocycles. The van der Waals surface area contributed by atoms with Crippen LogP contribution in [0.5, 0.6) is 0 Å². The molecule has 0 aromatic rings. The van der Waals surface area contributed by atoms with Crippen LogP contribution in [0, 0.1) is 0 Å². The van der Waals surface area contributed by atoms with Crippen LogP contribution in [-0.4, -0.2) is 19.6 Å². The molecule has 0 rings (SSSR count). The van der Waals surface area contributed by atoms with Gasteiger partial charge < -0.3 is 0 Å². The Kier molecular flexibility index (Phi) is 2.26. The van der Waals surface area contributed by atoms with Crippen LogP contribution in [0.2, 0.25) is 0 Å². The SMILES string of the molecule is O=S(=O)(O)OC(F)F. The molecule has 7 heteroatoms. The molecule has 0 unspecified atom stereocenters. The summed E-state index contributed by atoms with van der Waals surface area (Å²) in [6, 6.07) is 0. The molecular formula is CH2F2O4S. The van der Waals surface area contributed by atoms with Gasteiger partial charge in [-0.25, -0.2) is 0 Å². The summed E-state index contributed by atoms with van der Waals surface area (Å²) in [5.41, 5.74) is 0. The van der Waals surface area contributed by atoms with E-state index in [1.807, 2.05) is 0 Å². The van der Waals surface area contributed by atoms with Gasteiger partial charge in [0.25, 0.3) is 0 Å². The van der Waals surface area contributed by atoms with E-state index in [1.165, 1.54) is 0 Å². The molecule has 0 radical (unpaired) electrons. The number of rotatable bonds is 2. The van der Waals surface area contributed by atoms with E-state index in [2.05, 4.69) is 4.18 Å². The molecule has 0 aromatic carbocycles. The molecule has 0 spiro atoms. The van der Waals surface area contributed by atoms with Crippen LogP contribution in [0.1, 0.15) is 0 Å². The molecule has 0 saturated carbocycles. The number of halogens is 2. The average molecular weight is 148 g/mol. The lowest BCUT2D eigenvalue weighted by atomic mass is 11.5. The number of alkyl halides is 2. The van der Waals surface area contributed by atoms with Gasteiger partial charge in [-0.05, 0) is 0 Å². The van der Waals surface area contributed by atoms with E-state index in [9.17, 15) is 17.2 Å². The van der Waals surface area contributed by atoms with Crippen molar-refractivity contribution in [2.24, 2.45) is 0 Å². The Balaban J connectivity index is 3.75. The first kappa shape index (κ1) is 7.73. The number of hydrogen-bond donors (Lipinski definition) is 1. The standard InChI is InChI=1S/CH2F2O4S/c2-1(3)7-8(4,5)6/h1H,(H,4,5,6). The van der Waals surface area contributed by atoms with Crippen molar-refractivity contribution in [3.05, 3.63) is 0 Å². The second-order valence-electron chi connectivity index (χ2n) is 0.785. The topological polar surface area (TPSA) is 63.6 Å². The maximum atomic E-state index is 10.8. The van der Waals surface area contributed by atoms with Gasteiger partial charge in [0.15, 0.2) is 0 Å². The molecule has 0 amide bonds. The zero-order valence-electron chi connectivity index (χ0n) is 3.41. The second kappa shape index (κ2) is 2.33. The van der Waals surface area contributed by atoms with Crippen molar-refractivity contribution in [1.82, 2.24) is 0 Å². The molecule has 50 valence electrons. The van der Waals surface area contributed by atoms with Crippen LogP contribution in [-0.2, 0) is 14.6 Å². The Morgan fingerprint density at radius 1 is 1.50 bits per heavy atom. The maximum absolute atomic E-state index is 10.8. The first-order valence-corrected chi connectivity index (χ1v) is 2.72. The minimum absolute atomic E-state index is 2.63. The molecule has 0 fully saturated rings. The van der Waals surface area contributed by atoms with Crippen LogP contribution in [0.3, 0.4) is 0 Å². The number of hydrogen-bond acceptors (Lipinski definition) is 3. The fraction of sp³-hybridized carbons (Fsp3) is 1.00. The van der Waals surface area contributed by atoms with E-state index in [-0.39, 0.29) is 0 Å². The molecule has 0 aliphatic heterocycles. The van der Waals surface area contributed by atoms with Crippen molar-refractivity contribution >= 4 is 10.4 Å². The molecule has 0 bridgehead atoms. The average Bonchev–Trinajstić information content (AvgIpc) is 1.21. The van der Waals surface area contributed by atoms with Gasteiger partial charge in [0.2, 0.25) is 0 Å². The Bertz CT molecular complexity index is 147. The molecule has 0 aromatic heterocycles. The summed E-state index contributed by atoms with van der Waals surface area (Å²) in [5.74, 6) is 0. The maximum Gasteiger partial charge on any atom is 0.402 e. The van der Waals surface area contributed by atoms with Gasteiger partial charge in [-0.15, -0.1) is 0 Å². The third-order valence-corrected chi connectivity index (χ3v) is 0.583. The van der Waals surface area contributed by atoms with E-state index in [0.29, 0.717) is 0 Å². The first-order chi connectivity index (χ1) is 3.42. The van der Waals surface area contributed by atoms with Gasteiger partial charge in [0, 0.05) is 0 Å². The smallest absolute Gasteiger partial charge is 0.263 e. The summed E-state index contributed by atoms with van der Waals surface area (Å²) in [4.78, 5) is 0. The van der Waals surface area contributed by atoms with Gasteiger partial charge >= 0.3 is 17.0 Å². The Labute approximate surface area is 44.0 Å². The highest BCUT2D eigenvalue weighted by molar-refractivity contribution is 7.80. The summed E-state index contributed by atoms with van der Waals surface area (Å²) >= 11 is 0. The van der Waals surface area contributed by atoms with E-state index in [1.54, 1.807) is 0 Å². The highest BCUT2D eigenvalue weighted by Crippen LogP contribution is 1.97. The van der Waals surface area contributed by atoms with Gasteiger partial charge in [-0.1, -0.05) is 0 Å². The van der Waals surface area contributed by atoms with Crippen molar-refractivity contribution in [3.63, 3.8) is 0 Å². The Morgan fingerprint density at radius 2 is 1.88 bits per heavy atom. The second-order valence-corrected chi connectivity index (χ2v) is 1.83. The van der Waals surface area contributed by atoms with Crippen LogP contribution < -0.4 is 0 Å². The summed E-state index contributed by atoms with van der Waals surface area (Å²) in [5, 5.41) is 0. The zero-order valence-corrected chi connectivity index (χ0v) is 4.23.